The topological polar surface area (TPSA) is 62.1 Å². The van der Waals surface area contributed by atoms with E-state index >= 15 is 0 Å². The number of amides is 1. The van der Waals surface area contributed by atoms with Crippen LogP contribution in [-0.2, 0) is 11.4 Å². The molecule has 1 atom stereocenters. The number of carbonyl (C=O) groups excluding carboxylic acids is 1. The molecule has 0 bridgehead atoms. The third kappa shape index (κ3) is 6.30. The second kappa shape index (κ2) is 10.9. The molecule has 0 unspecified atom stereocenters. The van der Waals surface area contributed by atoms with Crippen LogP contribution in [-0.4, -0.2) is 5.91 Å². The molecule has 0 heterocycles. The van der Waals surface area contributed by atoms with Crippen LogP contribution in [0.2, 0.25) is 0 Å². The number of hydrogen-bond donors (Lipinski definition) is 1. The van der Waals surface area contributed by atoms with Crippen molar-refractivity contribution in [2.24, 2.45) is 0 Å². The van der Waals surface area contributed by atoms with Crippen LogP contribution in [0, 0.1) is 11.3 Å². The average molecular weight is 540 g/mol. The highest BCUT2D eigenvalue weighted by atomic mass is 79.9. The molecule has 0 aliphatic heterocycles. The summed E-state index contributed by atoms with van der Waals surface area (Å²) >= 11 is 6.99. The second-order valence-corrected chi connectivity index (χ2v) is 8.63. The zero-order chi connectivity index (χ0) is 22.2. The number of rotatable bonds is 7. The molecule has 0 aliphatic carbocycles. The quantitative estimate of drug-likeness (QED) is 0.272. The van der Waals surface area contributed by atoms with Crippen molar-refractivity contribution in [3.05, 3.63) is 104 Å². The van der Waals surface area contributed by atoms with Gasteiger partial charge in [0.2, 0.25) is 0 Å². The summed E-state index contributed by atoms with van der Waals surface area (Å²) in [6.45, 7) is 2.24. The Morgan fingerprint density at radius 1 is 1.10 bits per heavy atom. The van der Waals surface area contributed by atoms with Gasteiger partial charge in [0, 0.05) is 10.0 Å². The van der Waals surface area contributed by atoms with Gasteiger partial charge in [0.15, 0.2) is 0 Å². The molecule has 3 aromatic rings. The van der Waals surface area contributed by atoms with Gasteiger partial charge >= 0.3 is 0 Å². The van der Waals surface area contributed by atoms with Gasteiger partial charge in [-0.05, 0) is 52.2 Å². The monoisotopic (exact) mass is 538 g/mol. The lowest BCUT2D eigenvalue weighted by molar-refractivity contribution is -0.117. The summed E-state index contributed by atoms with van der Waals surface area (Å²) < 4.78 is 7.55. The van der Waals surface area contributed by atoms with Crippen LogP contribution in [0.1, 0.15) is 29.7 Å². The molecule has 0 aromatic heterocycles. The van der Waals surface area contributed by atoms with Crippen molar-refractivity contribution < 1.29 is 9.53 Å². The zero-order valence-corrected chi connectivity index (χ0v) is 20.0. The van der Waals surface area contributed by atoms with E-state index in [1.807, 2.05) is 85.8 Å². The molecule has 3 rings (SSSR count). The van der Waals surface area contributed by atoms with E-state index in [2.05, 4.69) is 37.2 Å². The molecule has 0 radical (unpaired) electrons. The molecule has 4 nitrogen and oxygen atoms in total. The van der Waals surface area contributed by atoms with Crippen LogP contribution in [0.3, 0.4) is 0 Å². The van der Waals surface area contributed by atoms with E-state index in [-0.39, 0.29) is 11.6 Å². The van der Waals surface area contributed by atoms with E-state index in [0.29, 0.717) is 17.9 Å². The third-order valence-electron chi connectivity index (χ3n) is 4.58. The Kier molecular flexibility index (Phi) is 8.05. The molecule has 0 saturated heterocycles. The standard InChI is InChI=1S/C25H20Br2N2O2/c1-17(19-10-6-3-7-11-19)29-25(30)21(15-28)12-20-13-22(26)14-23(27)24(20)31-16-18-8-4-2-5-9-18/h2-14,17H,16H2,1H3,(H,29,30)/b21-12+/t17-/m0/s1. The summed E-state index contributed by atoms with van der Waals surface area (Å²) in [5.74, 6) is 0.118. The van der Waals surface area contributed by atoms with Gasteiger partial charge in [-0.1, -0.05) is 76.6 Å². The van der Waals surface area contributed by atoms with Crippen molar-refractivity contribution in [2.45, 2.75) is 19.6 Å². The number of halogens is 2. The Bertz CT molecular complexity index is 1120. The van der Waals surface area contributed by atoms with E-state index < -0.39 is 5.91 Å². The summed E-state index contributed by atoms with van der Waals surface area (Å²) in [4.78, 5) is 12.8. The van der Waals surface area contributed by atoms with E-state index in [9.17, 15) is 10.1 Å². The number of carbonyl (C=O) groups is 1. The zero-order valence-electron chi connectivity index (χ0n) is 16.8. The number of hydrogen-bond acceptors (Lipinski definition) is 3. The van der Waals surface area contributed by atoms with Gasteiger partial charge < -0.3 is 10.1 Å². The SMILES string of the molecule is C[C@H](NC(=O)/C(C#N)=C/c1cc(Br)cc(Br)c1OCc1ccccc1)c1ccccc1. The Morgan fingerprint density at radius 2 is 1.74 bits per heavy atom. The molecular formula is C25H20Br2N2O2. The third-order valence-corrected chi connectivity index (χ3v) is 5.62. The highest BCUT2D eigenvalue weighted by molar-refractivity contribution is 9.11. The number of ether oxygens (including phenoxy) is 1. The first kappa shape index (κ1) is 22.8. The van der Waals surface area contributed by atoms with Gasteiger partial charge in [-0.15, -0.1) is 0 Å². The van der Waals surface area contributed by atoms with Crippen molar-refractivity contribution in [1.29, 1.82) is 5.26 Å². The molecule has 1 amide bonds. The van der Waals surface area contributed by atoms with Crippen LogP contribution in [0.5, 0.6) is 5.75 Å². The maximum Gasteiger partial charge on any atom is 0.262 e. The predicted octanol–water partition coefficient (Wildman–Crippen LogP) is 6.57. The van der Waals surface area contributed by atoms with Crippen molar-refractivity contribution >= 4 is 43.8 Å². The first-order valence-corrected chi connectivity index (χ1v) is 11.2. The van der Waals surface area contributed by atoms with Crippen molar-refractivity contribution in [2.75, 3.05) is 0 Å². The van der Waals surface area contributed by atoms with Crippen LogP contribution >= 0.6 is 31.9 Å². The Labute approximate surface area is 198 Å². The van der Waals surface area contributed by atoms with Gasteiger partial charge in [0.25, 0.3) is 5.91 Å². The van der Waals surface area contributed by atoms with Crippen LogP contribution < -0.4 is 10.1 Å². The maximum atomic E-state index is 12.8. The van der Waals surface area contributed by atoms with Crippen LogP contribution in [0.25, 0.3) is 6.08 Å². The van der Waals surface area contributed by atoms with Gasteiger partial charge in [-0.25, -0.2) is 0 Å². The number of nitriles is 1. The van der Waals surface area contributed by atoms with Crippen molar-refractivity contribution in [3.63, 3.8) is 0 Å². The summed E-state index contributed by atoms with van der Waals surface area (Å²) in [6.07, 6.45) is 1.54. The number of nitrogens with zero attached hydrogens (tertiary/aromatic N) is 1. The minimum atomic E-state index is -0.441. The normalized spacial score (nSPS) is 12.0. The molecular weight excluding hydrogens is 520 g/mol. The molecule has 6 heteroatoms. The predicted molar refractivity (Wildman–Crippen MR) is 129 cm³/mol. The lowest BCUT2D eigenvalue weighted by Gasteiger charge is -2.15. The highest BCUT2D eigenvalue weighted by Gasteiger charge is 2.16. The van der Waals surface area contributed by atoms with Crippen molar-refractivity contribution in [1.82, 2.24) is 5.32 Å². The molecule has 1 N–H and O–H groups in total. The van der Waals surface area contributed by atoms with Crippen molar-refractivity contribution in [3.8, 4) is 11.8 Å². The van der Waals surface area contributed by atoms with E-state index in [4.69, 9.17) is 4.74 Å². The summed E-state index contributed by atoms with van der Waals surface area (Å²) in [6, 6.07) is 24.9. The van der Waals surface area contributed by atoms with E-state index in [0.717, 1.165) is 20.1 Å². The number of nitrogens with one attached hydrogen (secondary N) is 1. The first-order chi connectivity index (χ1) is 15.0. The Morgan fingerprint density at radius 3 is 2.39 bits per heavy atom. The molecule has 0 spiro atoms. The minimum Gasteiger partial charge on any atom is -0.487 e. The van der Waals surface area contributed by atoms with Gasteiger partial charge in [0.1, 0.15) is 24.0 Å². The average Bonchev–Trinajstić information content (AvgIpc) is 2.77. The largest absolute Gasteiger partial charge is 0.487 e. The fourth-order valence-corrected chi connectivity index (χ4v) is 4.35. The first-order valence-electron chi connectivity index (χ1n) is 9.61. The maximum absolute atomic E-state index is 12.8. The van der Waals surface area contributed by atoms with Gasteiger partial charge in [-0.3, -0.25) is 4.79 Å². The fraction of sp³-hybridized carbons (Fsp3) is 0.120. The lowest BCUT2D eigenvalue weighted by atomic mass is 10.1. The minimum absolute atomic E-state index is 0.00246. The second-order valence-electron chi connectivity index (χ2n) is 6.86. The molecule has 0 aliphatic rings. The van der Waals surface area contributed by atoms with Crippen LogP contribution in [0.4, 0.5) is 0 Å². The van der Waals surface area contributed by atoms with E-state index in [1.165, 1.54) is 0 Å². The fourth-order valence-electron chi connectivity index (χ4n) is 2.97. The molecule has 156 valence electrons. The van der Waals surface area contributed by atoms with E-state index in [1.54, 1.807) is 6.08 Å². The summed E-state index contributed by atoms with van der Waals surface area (Å²) in [5, 5.41) is 12.5. The van der Waals surface area contributed by atoms with Gasteiger partial charge in [-0.2, -0.15) is 5.26 Å². The Balaban J connectivity index is 1.85. The summed E-state index contributed by atoms with van der Waals surface area (Å²) in [7, 11) is 0. The number of benzene rings is 3. The molecule has 0 fully saturated rings. The Hall–Kier alpha value is -2.88. The molecule has 31 heavy (non-hydrogen) atoms. The smallest absolute Gasteiger partial charge is 0.262 e. The molecule has 0 saturated carbocycles. The summed E-state index contributed by atoms with van der Waals surface area (Å²) in [5.41, 5.74) is 2.60. The highest BCUT2D eigenvalue weighted by Crippen LogP contribution is 2.35. The van der Waals surface area contributed by atoms with Gasteiger partial charge in [0.05, 0.1) is 10.5 Å². The van der Waals surface area contributed by atoms with Crippen LogP contribution in [0.15, 0.2) is 87.3 Å². The lowest BCUT2D eigenvalue weighted by Crippen LogP contribution is -2.27. The molecule has 3 aromatic carbocycles.